The summed E-state index contributed by atoms with van der Waals surface area (Å²) >= 11 is 1.71. The molecule has 1 amide bonds. The van der Waals surface area contributed by atoms with Gasteiger partial charge in [-0.1, -0.05) is 24.3 Å². The van der Waals surface area contributed by atoms with E-state index in [0.29, 0.717) is 6.42 Å². The Hall–Kier alpha value is -1.78. The van der Waals surface area contributed by atoms with Crippen LogP contribution in [0.25, 0.3) is 0 Å². The van der Waals surface area contributed by atoms with E-state index in [2.05, 4.69) is 35.8 Å². The third-order valence-electron chi connectivity index (χ3n) is 3.59. The molecular weight excluding hydrogens is 268 g/mol. The first-order chi connectivity index (χ1) is 9.67. The Kier molecular flexibility index (Phi) is 3.51. The summed E-state index contributed by atoms with van der Waals surface area (Å²) in [6.45, 7) is 0. The van der Waals surface area contributed by atoms with Crippen LogP contribution in [0.3, 0.4) is 0 Å². The summed E-state index contributed by atoms with van der Waals surface area (Å²) in [5.41, 5.74) is 10.4. The van der Waals surface area contributed by atoms with Crippen molar-refractivity contribution in [2.24, 2.45) is 5.73 Å². The van der Waals surface area contributed by atoms with Crippen LogP contribution < -0.4 is 11.1 Å². The molecule has 3 N–H and O–H groups in total. The van der Waals surface area contributed by atoms with Crippen molar-refractivity contribution < 1.29 is 4.79 Å². The third-order valence-corrected chi connectivity index (χ3v) is 4.33. The molecular formula is C16H16N2OS. The van der Waals surface area contributed by atoms with Gasteiger partial charge in [-0.3, -0.25) is 4.79 Å². The molecule has 1 atom stereocenters. The summed E-state index contributed by atoms with van der Waals surface area (Å²) < 4.78 is 0. The standard InChI is InChI=1S/C16H16N2OS/c1-20-13-5-2-10(3-6-13)16(17)11-4-7-14-12(8-11)9-15(19)18-14/h2-8,16H,9,17H2,1H3,(H,18,19). The van der Waals surface area contributed by atoms with Gasteiger partial charge in [0.2, 0.25) is 5.91 Å². The Morgan fingerprint density at radius 1 is 1.15 bits per heavy atom. The molecule has 0 aliphatic carbocycles. The summed E-state index contributed by atoms with van der Waals surface area (Å²) in [5, 5.41) is 2.84. The number of rotatable bonds is 3. The number of fused-ring (bicyclic) bond motifs is 1. The highest BCUT2D eigenvalue weighted by molar-refractivity contribution is 7.98. The predicted octanol–water partition coefficient (Wildman–Crippen LogP) is 2.95. The van der Waals surface area contributed by atoms with Gasteiger partial charge >= 0.3 is 0 Å². The van der Waals surface area contributed by atoms with Crippen LogP contribution in [0.5, 0.6) is 0 Å². The first-order valence-corrected chi connectivity index (χ1v) is 7.72. The number of anilines is 1. The quantitative estimate of drug-likeness (QED) is 0.852. The molecule has 20 heavy (non-hydrogen) atoms. The van der Waals surface area contributed by atoms with Gasteiger partial charge in [0.05, 0.1) is 12.5 Å². The second-order valence-corrected chi connectivity index (χ2v) is 5.77. The number of thioether (sulfide) groups is 1. The predicted molar refractivity (Wildman–Crippen MR) is 83.0 cm³/mol. The molecule has 0 radical (unpaired) electrons. The van der Waals surface area contributed by atoms with E-state index in [1.165, 1.54) is 4.90 Å². The van der Waals surface area contributed by atoms with Crippen LogP contribution in [0, 0.1) is 0 Å². The fourth-order valence-electron chi connectivity index (χ4n) is 2.45. The number of hydrogen-bond donors (Lipinski definition) is 2. The van der Waals surface area contributed by atoms with E-state index in [4.69, 9.17) is 5.73 Å². The zero-order chi connectivity index (χ0) is 14.1. The summed E-state index contributed by atoms with van der Waals surface area (Å²) in [4.78, 5) is 12.6. The lowest BCUT2D eigenvalue weighted by Crippen LogP contribution is -2.11. The molecule has 0 bridgehead atoms. The van der Waals surface area contributed by atoms with E-state index >= 15 is 0 Å². The molecule has 102 valence electrons. The molecule has 1 unspecified atom stereocenters. The van der Waals surface area contributed by atoms with E-state index in [0.717, 1.165) is 22.4 Å². The molecule has 2 aromatic rings. The van der Waals surface area contributed by atoms with E-state index in [1.54, 1.807) is 11.8 Å². The van der Waals surface area contributed by atoms with E-state index in [9.17, 15) is 4.79 Å². The van der Waals surface area contributed by atoms with Crippen LogP contribution in [0.4, 0.5) is 5.69 Å². The van der Waals surface area contributed by atoms with Gasteiger partial charge in [-0.25, -0.2) is 0 Å². The lowest BCUT2D eigenvalue weighted by molar-refractivity contribution is -0.115. The number of nitrogens with two attached hydrogens (primary N) is 1. The largest absolute Gasteiger partial charge is 0.326 e. The number of carbonyl (C=O) groups is 1. The van der Waals surface area contributed by atoms with Crippen LogP contribution in [0.15, 0.2) is 47.4 Å². The molecule has 1 heterocycles. The van der Waals surface area contributed by atoms with Crippen LogP contribution in [-0.2, 0) is 11.2 Å². The monoisotopic (exact) mass is 284 g/mol. The molecule has 2 aromatic carbocycles. The fourth-order valence-corrected chi connectivity index (χ4v) is 2.85. The van der Waals surface area contributed by atoms with Crippen LogP contribution >= 0.6 is 11.8 Å². The average molecular weight is 284 g/mol. The highest BCUT2D eigenvalue weighted by Crippen LogP contribution is 2.28. The van der Waals surface area contributed by atoms with Crippen molar-refractivity contribution in [3.05, 3.63) is 59.2 Å². The lowest BCUT2D eigenvalue weighted by atomic mass is 9.97. The van der Waals surface area contributed by atoms with Gasteiger partial charge in [-0.2, -0.15) is 0 Å². The minimum absolute atomic E-state index is 0.0510. The minimum atomic E-state index is -0.160. The van der Waals surface area contributed by atoms with Crippen LogP contribution in [0.1, 0.15) is 22.7 Å². The van der Waals surface area contributed by atoms with Crippen molar-refractivity contribution in [3.63, 3.8) is 0 Å². The van der Waals surface area contributed by atoms with Gasteiger partial charge in [0, 0.05) is 10.6 Å². The Morgan fingerprint density at radius 2 is 1.85 bits per heavy atom. The van der Waals surface area contributed by atoms with Gasteiger partial charge in [-0.05, 0) is 41.1 Å². The Morgan fingerprint density at radius 3 is 2.55 bits per heavy atom. The van der Waals surface area contributed by atoms with Crippen molar-refractivity contribution in [3.8, 4) is 0 Å². The zero-order valence-electron chi connectivity index (χ0n) is 11.2. The molecule has 0 saturated carbocycles. The highest BCUT2D eigenvalue weighted by Gasteiger charge is 2.19. The SMILES string of the molecule is CSc1ccc(C(N)c2ccc3c(c2)CC(=O)N3)cc1. The minimum Gasteiger partial charge on any atom is -0.326 e. The van der Waals surface area contributed by atoms with E-state index in [-0.39, 0.29) is 11.9 Å². The number of hydrogen-bond acceptors (Lipinski definition) is 3. The molecule has 0 spiro atoms. The fraction of sp³-hybridized carbons (Fsp3) is 0.188. The van der Waals surface area contributed by atoms with Crippen molar-refractivity contribution >= 4 is 23.4 Å². The van der Waals surface area contributed by atoms with Crippen molar-refractivity contribution in [2.75, 3.05) is 11.6 Å². The van der Waals surface area contributed by atoms with Gasteiger partial charge < -0.3 is 11.1 Å². The Balaban J connectivity index is 1.88. The molecule has 3 nitrogen and oxygen atoms in total. The van der Waals surface area contributed by atoms with Crippen molar-refractivity contribution in [1.29, 1.82) is 0 Å². The maximum Gasteiger partial charge on any atom is 0.228 e. The van der Waals surface area contributed by atoms with Crippen LogP contribution in [-0.4, -0.2) is 12.2 Å². The second kappa shape index (κ2) is 5.31. The maximum absolute atomic E-state index is 11.4. The summed E-state index contributed by atoms with van der Waals surface area (Å²) in [6.07, 6.45) is 2.50. The first-order valence-electron chi connectivity index (χ1n) is 6.49. The van der Waals surface area contributed by atoms with Crippen LogP contribution in [0.2, 0.25) is 0 Å². The normalized spacial score (nSPS) is 14.8. The number of carbonyl (C=O) groups excluding carboxylic acids is 1. The lowest BCUT2D eigenvalue weighted by Gasteiger charge is -2.14. The molecule has 4 heteroatoms. The first kappa shape index (κ1) is 13.2. The van der Waals surface area contributed by atoms with Gasteiger partial charge in [-0.15, -0.1) is 11.8 Å². The van der Waals surface area contributed by atoms with E-state index in [1.807, 2.05) is 18.2 Å². The molecule has 0 saturated heterocycles. The second-order valence-electron chi connectivity index (χ2n) is 4.89. The van der Waals surface area contributed by atoms with Gasteiger partial charge in [0.1, 0.15) is 0 Å². The van der Waals surface area contributed by atoms with Crippen molar-refractivity contribution in [2.45, 2.75) is 17.4 Å². The highest BCUT2D eigenvalue weighted by atomic mass is 32.2. The molecule has 1 aliphatic heterocycles. The Bertz CT molecular complexity index is 652. The smallest absolute Gasteiger partial charge is 0.228 e. The summed E-state index contributed by atoms with van der Waals surface area (Å²) in [5.74, 6) is 0.0510. The number of amides is 1. The van der Waals surface area contributed by atoms with Gasteiger partial charge in [0.25, 0.3) is 0 Å². The Labute approximate surface area is 122 Å². The topological polar surface area (TPSA) is 55.1 Å². The number of benzene rings is 2. The molecule has 0 fully saturated rings. The maximum atomic E-state index is 11.4. The zero-order valence-corrected chi connectivity index (χ0v) is 12.0. The van der Waals surface area contributed by atoms with Gasteiger partial charge in [0.15, 0.2) is 0 Å². The molecule has 3 rings (SSSR count). The summed E-state index contributed by atoms with van der Waals surface area (Å²) in [6, 6.07) is 14.1. The number of nitrogens with one attached hydrogen (secondary N) is 1. The third kappa shape index (κ3) is 2.44. The van der Waals surface area contributed by atoms with Crippen molar-refractivity contribution in [1.82, 2.24) is 0 Å². The average Bonchev–Trinajstić information content (AvgIpc) is 2.85. The van der Waals surface area contributed by atoms with E-state index < -0.39 is 0 Å². The summed E-state index contributed by atoms with van der Waals surface area (Å²) in [7, 11) is 0. The molecule has 1 aliphatic rings. The molecule has 0 aromatic heterocycles.